The van der Waals surface area contributed by atoms with Gasteiger partial charge >= 0.3 is 17.1 Å². The summed E-state index contributed by atoms with van der Waals surface area (Å²) < 4.78 is 38.9. The van der Waals surface area contributed by atoms with Crippen LogP contribution in [0.15, 0.2) is 23.9 Å². The van der Waals surface area contributed by atoms with E-state index in [0.717, 1.165) is 187 Å². The van der Waals surface area contributed by atoms with Gasteiger partial charge < -0.3 is 60.3 Å². The Kier molecular flexibility index (Phi) is 21.8. The standard InChI is InChI=1S/C72H116N6O6.Fe/c1-70(2)58-37-61(70)55-40-76-67(64-13-7-10-19-73-64)34-52(55)49(58)16-22-79-25-28-82-43-46-31-47(44-83-29-26-80-23-17-50-53-35-68(65-14-8-11-20-74-65)77-41-56(53)62-38-59(50)71(62,3)4)33-48(32-46)45-84-30-27-81-24-18-51-54-36-69(66-15-9-12-21-75-66)78-42-57(54)63-39-60(51)72(63,5)6;/h7,10,13,46-63,65-69H,8-9,11-12,14-45H2,1-6H3;/q-6;+2. The predicted molar refractivity (Wildman–Crippen MR) is 338 cm³/mol. The van der Waals surface area contributed by atoms with E-state index in [9.17, 15) is 0 Å². The van der Waals surface area contributed by atoms with Gasteiger partial charge in [-0.25, -0.2) is 0 Å². The van der Waals surface area contributed by atoms with Crippen LogP contribution in [0.25, 0.3) is 31.9 Å². The Balaban J connectivity index is 0.00000709. The number of rotatable bonds is 27. The second-order valence-corrected chi connectivity index (χ2v) is 32.3. The molecule has 16 aliphatic rings. The zero-order chi connectivity index (χ0) is 57.4. The van der Waals surface area contributed by atoms with E-state index in [1.165, 1.54) is 95.6 Å². The minimum atomic E-state index is 0. The van der Waals surface area contributed by atoms with Gasteiger partial charge in [0.15, 0.2) is 0 Å². The molecule has 10 saturated carbocycles. The molecule has 10 aliphatic carbocycles. The predicted octanol–water partition coefficient (Wildman–Crippen LogP) is 15.0. The summed E-state index contributed by atoms with van der Waals surface area (Å²) in [6.45, 7) is 30.3. The van der Waals surface area contributed by atoms with Crippen molar-refractivity contribution in [1.29, 1.82) is 0 Å². The van der Waals surface area contributed by atoms with Crippen molar-refractivity contribution < 1.29 is 45.5 Å². The first-order chi connectivity index (χ1) is 40.9. The SMILES string of the molecule is CC1(C)C2CC1C1C[N-]C(C3=CC=CC[N-]3)CC1C2CCOCCOCC1CC(COCCOCCC2C3CC(C4CCCC[N-]4)[N-]CC3C3CC2C3(C)C)CC(COCCOCCC2C3CC(C4CCCC[N-]4)[N-]CC3C3CC2C3(C)C)C1.[Fe+2]. The number of allylic oxidation sites excluding steroid dienone is 2. The van der Waals surface area contributed by atoms with Gasteiger partial charge in [0.25, 0.3) is 0 Å². The van der Waals surface area contributed by atoms with E-state index < -0.39 is 0 Å². The quantitative estimate of drug-likeness (QED) is 0.0593. The summed E-state index contributed by atoms with van der Waals surface area (Å²) in [6.07, 6.45) is 29.1. The van der Waals surface area contributed by atoms with Crippen LogP contribution in [-0.2, 0) is 45.5 Å². The van der Waals surface area contributed by atoms with E-state index in [1.54, 1.807) is 0 Å². The molecule has 482 valence electrons. The molecule has 0 amide bonds. The second kappa shape index (κ2) is 28.7. The Morgan fingerprint density at radius 2 is 0.800 bits per heavy atom. The summed E-state index contributed by atoms with van der Waals surface area (Å²) in [4.78, 5) is 0. The largest absolute Gasteiger partial charge is 2.00 e. The van der Waals surface area contributed by atoms with E-state index in [-0.39, 0.29) is 23.1 Å². The van der Waals surface area contributed by atoms with Crippen LogP contribution in [0.3, 0.4) is 0 Å². The van der Waals surface area contributed by atoms with Crippen LogP contribution in [0, 0.1) is 123 Å². The molecule has 12 nitrogen and oxygen atoms in total. The van der Waals surface area contributed by atoms with Gasteiger partial charge in [-0.15, -0.1) is 51.4 Å². The van der Waals surface area contributed by atoms with Crippen LogP contribution >= 0.6 is 0 Å². The number of ether oxygens (including phenoxy) is 6. The summed E-state index contributed by atoms with van der Waals surface area (Å²) in [6, 6.07) is 2.13. The van der Waals surface area contributed by atoms with Crippen molar-refractivity contribution in [2.75, 3.05) is 119 Å². The maximum Gasteiger partial charge on any atom is 2.00 e. The molecule has 13 heteroatoms. The molecule has 5 saturated heterocycles. The van der Waals surface area contributed by atoms with Crippen molar-refractivity contribution >= 4 is 0 Å². The first-order valence-corrected chi connectivity index (χ1v) is 35.8. The fourth-order valence-corrected chi connectivity index (χ4v) is 22.8. The zero-order valence-electron chi connectivity index (χ0n) is 54.0. The van der Waals surface area contributed by atoms with Gasteiger partial charge in [-0.2, -0.15) is 29.9 Å². The fraction of sp³-hybridized carbons (Fsp3) is 0.944. The van der Waals surface area contributed by atoms with Gasteiger partial charge in [-0.1, -0.05) is 129 Å². The molecule has 0 spiro atoms. The monoisotopic (exact) mass is 1220 g/mol. The summed E-state index contributed by atoms with van der Waals surface area (Å²) >= 11 is 0. The summed E-state index contributed by atoms with van der Waals surface area (Å²) in [7, 11) is 0. The number of nitrogens with zero attached hydrogens (tertiary/aromatic N) is 6. The molecule has 15 fully saturated rings. The molecule has 22 unspecified atom stereocenters. The van der Waals surface area contributed by atoms with Gasteiger partial charge in [0, 0.05) is 39.6 Å². The Bertz CT molecular complexity index is 2070. The molecule has 0 aromatic heterocycles. The first kappa shape index (κ1) is 64.5. The van der Waals surface area contributed by atoms with Gasteiger partial charge in [0.2, 0.25) is 0 Å². The van der Waals surface area contributed by atoms with E-state index in [1.807, 2.05) is 0 Å². The van der Waals surface area contributed by atoms with E-state index in [4.69, 9.17) is 60.3 Å². The molecule has 6 aliphatic heterocycles. The minimum absolute atomic E-state index is 0. The topological polar surface area (TPSA) is 140 Å². The molecule has 0 aromatic rings. The van der Waals surface area contributed by atoms with Crippen molar-refractivity contribution in [2.24, 2.45) is 123 Å². The fourth-order valence-electron chi connectivity index (χ4n) is 22.8. The van der Waals surface area contributed by atoms with Crippen molar-refractivity contribution in [3.63, 3.8) is 0 Å². The van der Waals surface area contributed by atoms with E-state index in [0.29, 0.717) is 104 Å². The number of piperidine rings is 5. The molecular formula is C72H116FeN6O6-4. The zero-order valence-corrected chi connectivity index (χ0v) is 55.1. The molecule has 0 N–H and O–H groups in total. The van der Waals surface area contributed by atoms with Crippen molar-refractivity contribution in [1.82, 2.24) is 0 Å². The molecule has 0 radical (unpaired) electrons. The van der Waals surface area contributed by atoms with Crippen molar-refractivity contribution in [3.8, 4) is 0 Å². The molecular weight excluding hydrogens is 1100 g/mol. The van der Waals surface area contributed by atoms with Crippen LogP contribution in [0.2, 0.25) is 0 Å². The smallest absolute Gasteiger partial charge is 0.686 e. The number of hydrogen-bond acceptors (Lipinski definition) is 6. The molecule has 6 bridgehead atoms. The molecule has 16 rings (SSSR count). The third-order valence-corrected chi connectivity index (χ3v) is 27.3. The van der Waals surface area contributed by atoms with Crippen LogP contribution in [-0.4, -0.2) is 149 Å². The Morgan fingerprint density at radius 1 is 0.400 bits per heavy atom. The Hall–Kier alpha value is -0.641. The van der Waals surface area contributed by atoms with Crippen LogP contribution in [0.1, 0.15) is 157 Å². The van der Waals surface area contributed by atoms with Crippen molar-refractivity contribution in [3.05, 3.63) is 55.8 Å². The normalized spacial score (nSPS) is 44.3. The van der Waals surface area contributed by atoms with Gasteiger partial charge in [0.1, 0.15) is 0 Å². The van der Waals surface area contributed by atoms with Crippen molar-refractivity contribution in [2.45, 2.75) is 187 Å². The Morgan fingerprint density at radius 3 is 1.18 bits per heavy atom. The van der Waals surface area contributed by atoms with E-state index >= 15 is 0 Å². The van der Waals surface area contributed by atoms with Gasteiger partial charge in [-0.05, 0) is 163 Å². The van der Waals surface area contributed by atoms with Crippen LogP contribution < -0.4 is 0 Å². The van der Waals surface area contributed by atoms with E-state index in [2.05, 4.69) is 59.8 Å². The van der Waals surface area contributed by atoms with Crippen LogP contribution in [0.5, 0.6) is 0 Å². The number of hydrogen-bond donors (Lipinski definition) is 0. The van der Waals surface area contributed by atoms with Gasteiger partial charge in [0.05, 0.1) is 39.6 Å². The average molecular weight is 1220 g/mol. The third kappa shape index (κ3) is 13.7. The molecule has 22 atom stereocenters. The summed E-state index contributed by atoms with van der Waals surface area (Å²) in [5.41, 5.74) is 2.50. The van der Waals surface area contributed by atoms with Gasteiger partial charge in [-0.3, -0.25) is 0 Å². The third-order valence-electron chi connectivity index (χ3n) is 27.3. The first-order valence-electron chi connectivity index (χ1n) is 35.8. The molecule has 0 aromatic carbocycles. The van der Waals surface area contributed by atoms with Crippen LogP contribution in [0.4, 0.5) is 0 Å². The maximum absolute atomic E-state index is 6.52. The Labute approximate surface area is 527 Å². The molecule has 6 heterocycles. The minimum Gasteiger partial charge on any atom is -0.686 e. The second-order valence-electron chi connectivity index (χ2n) is 32.3. The summed E-state index contributed by atoms with van der Waals surface area (Å²) in [5.74, 6) is 13.2. The average Bonchev–Trinajstić information content (AvgIpc) is 0.841. The summed E-state index contributed by atoms with van der Waals surface area (Å²) in [5, 5.41) is 31.0. The molecule has 85 heavy (non-hydrogen) atoms. The maximum atomic E-state index is 6.52.